The van der Waals surface area contributed by atoms with Crippen molar-refractivity contribution in [2.24, 2.45) is 5.41 Å². The summed E-state index contributed by atoms with van der Waals surface area (Å²) in [6.45, 7) is 1.04. The smallest absolute Gasteiger partial charge is 0.230 e. The molecule has 2 N–H and O–H groups in total. The fourth-order valence-corrected chi connectivity index (χ4v) is 3.55. The first-order valence-electron chi connectivity index (χ1n) is 7.94. The first-order valence-corrected chi connectivity index (χ1v) is 7.94. The Kier molecular flexibility index (Phi) is 4.38. The highest BCUT2D eigenvalue weighted by Gasteiger charge is 2.46. The van der Waals surface area contributed by atoms with Crippen LogP contribution in [0.15, 0.2) is 18.2 Å². The SMILES string of the molecule is O=C(NCC1(CO)COC1)C1(c2ccc(F)cc2F)CCCC1. The first kappa shape index (κ1) is 16.3. The van der Waals surface area contributed by atoms with E-state index in [4.69, 9.17) is 4.74 Å². The molecule has 0 aromatic heterocycles. The van der Waals surface area contributed by atoms with Crippen molar-refractivity contribution in [1.29, 1.82) is 0 Å². The number of halogens is 2. The van der Waals surface area contributed by atoms with E-state index in [2.05, 4.69) is 5.32 Å². The van der Waals surface area contributed by atoms with Crippen LogP contribution < -0.4 is 5.32 Å². The van der Waals surface area contributed by atoms with Gasteiger partial charge in [-0.15, -0.1) is 0 Å². The fraction of sp³-hybridized carbons (Fsp3) is 0.588. The van der Waals surface area contributed by atoms with Crippen molar-refractivity contribution in [3.63, 3.8) is 0 Å². The summed E-state index contributed by atoms with van der Waals surface area (Å²) in [6, 6.07) is 3.41. The van der Waals surface area contributed by atoms with Crippen molar-refractivity contribution in [3.05, 3.63) is 35.4 Å². The summed E-state index contributed by atoms with van der Waals surface area (Å²) in [5.41, 5.74) is -1.12. The normalized spacial score (nSPS) is 21.7. The molecule has 1 aliphatic carbocycles. The molecule has 3 rings (SSSR count). The minimum absolute atomic E-state index is 0.0643. The molecule has 1 heterocycles. The molecule has 0 spiro atoms. The van der Waals surface area contributed by atoms with Crippen LogP contribution in [0.3, 0.4) is 0 Å². The van der Waals surface area contributed by atoms with Crippen molar-refractivity contribution >= 4 is 5.91 Å². The molecule has 0 atom stereocenters. The van der Waals surface area contributed by atoms with E-state index in [1.165, 1.54) is 12.1 Å². The van der Waals surface area contributed by atoms with Crippen LogP contribution in [0.25, 0.3) is 0 Å². The van der Waals surface area contributed by atoms with Gasteiger partial charge in [-0.1, -0.05) is 18.9 Å². The highest BCUT2D eigenvalue weighted by molar-refractivity contribution is 5.88. The minimum Gasteiger partial charge on any atom is -0.396 e. The second kappa shape index (κ2) is 6.17. The predicted octanol–water partition coefficient (Wildman–Crippen LogP) is 1.90. The number of aliphatic hydroxyl groups excluding tert-OH is 1. The summed E-state index contributed by atoms with van der Waals surface area (Å²) < 4.78 is 32.5. The maximum absolute atomic E-state index is 14.2. The third-order valence-electron chi connectivity index (χ3n) is 5.11. The van der Waals surface area contributed by atoms with E-state index in [9.17, 15) is 18.7 Å². The molecule has 0 bridgehead atoms. The molecule has 1 saturated heterocycles. The van der Waals surface area contributed by atoms with Crippen molar-refractivity contribution in [3.8, 4) is 0 Å². The van der Waals surface area contributed by atoms with E-state index in [1.54, 1.807) is 0 Å². The molecular formula is C17H21F2NO3. The largest absolute Gasteiger partial charge is 0.396 e. The van der Waals surface area contributed by atoms with Crippen molar-refractivity contribution < 1.29 is 23.4 Å². The predicted molar refractivity (Wildman–Crippen MR) is 79.9 cm³/mol. The average molecular weight is 325 g/mol. The molecule has 1 aromatic rings. The van der Waals surface area contributed by atoms with Crippen molar-refractivity contribution in [1.82, 2.24) is 5.32 Å². The summed E-state index contributed by atoms with van der Waals surface area (Å²) in [6.07, 6.45) is 2.75. The standard InChI is InChI=1S/C17H21F2NO3/c18-12-3-4-13(14(19)7-12)17(5-1-2-6-17)15(22)20-8-16(9-21)10-23-11-16/h3-4,7,21H,1-2,5-6,8-11H2,(H,20,22). The maximum Gasteiger partial charge on any atom is 0.230 e. The molecule has 23 heavy (non-hydrogen) atoms. The van der Waals surface area contributed by atoms with Crippen LogP contribution in [0, 0.1) is 17.0 Å². The zero-order valence-electron chi connectivity index (χ0n) is 12.9. The van der Waals surface area contributed by atoms with Crippen LogP contribution in [0.4, 0.5) is 8.78 Å². The Morgan fingerprint density at radius 3 is 2.48 bits per heavy atom. The third kappa shape index (κ3) is 2.85. The molecule has 126 valence electrons. The van der Waals surface area contributed by atoms with E-state index >= 15 is 0 Å². The zero-order chi connectivity index (χ0) is 16.5. The van der Waals surface area contributed by atoms with Gasteiger partial charge in [0.1, 0.15) is 11.6 Å². The zero-order valence-corrected chi connectivity index (χ0v) is 12.9. The molecule has 2 aliphatic rings. The van der Waals surface area contributed by atoms with Gasteiger partial charge >= 0.3 is 0 Å². The molecular weight excluding hydrogens is 304 g/mol. The second-order valence-corrected chi connectivity index (χ2v) is 6.75. The van der Waals surface area contributed by atoms with Gasteiger partial charge in [-0.05, 0) is 18.9 Å². The lowest BCUT2D eigenvalue weighted by Gasteiger charge is -2.40. The molecule has 1 amide bonds. The lowest BCUT2D eigenvalue weighted by molar-refractivity contribution is -0.143. The Morgan fingerprint density at radius 2 is 1.96 bits per heavy atom. The van der Waals surface area contributed by atoms with Crippen molar-refractivity contribution in [2.75, 3.05) is 26.4 Å². The monoisotopic (exact) mass is 325 g/mol. The number of carbonyl (C=O) groups is 1. The van der Waals surface area contributed by atoms with Gasteiger partial charge in [0.25, 0.3) is 0 Å². The van der Waals surface area contributed by atoms with Gasteiger partial charge in [0, 0.05) is 18.2 Å². The number of hydrogen-bond donors (Lipinski definition) is 2. The first-order chi connectivity index (χ1) is 11.0. The van der Waals surface area contributed by atoms with E-state index in [0.29, 0.717) is 32.6 Å². The number of carbonyl (C=O) groups excluding carboxylic acids is 1. The Morgan fingerprint density at radius 1 is 1.26 bits per heavy atom. The maximum atomic E-state index is 14.2. The van der Waals surface area contributed by atoms with E-state index < -0.39 is 22.5 Å². The molecule has 2 fully saturated rings. The highest BCUT2D eigenvalue weighted by atomic mass is 19.1. The Hall–Kier alpha value is -1.53. The Labute approximate surface area is 133 Å². The van der Waals surface area contributed by atoms with Gasteiger partial charge in [0.2, 0.25) is 5.91 Å². The average Bonchev–Trinajstić information content (AvgIpc) is 2.97. The molecule has 4 nitrogen and oxygen atoms in total. The molecule has 1 saturated carbocycles. The summed E-state index contributed by atoms with van der Waals surface area (Å²) >= 11 is 0. The van der Waals surface area contributed by atoms with E-state index in [-0.39, 0.29) is 18.1 Å². The third-order valence-corrected chi connectivity index (χ3v) is 5.11. The number of ether oxygens (including phenoxy) is 1. The highest BCUT2D eigenvalue weighted by Crippen LogP contribution is 2.42. The number of hydrogen-bond acceptors (Lipinski definition) is 3. The van der Waals surface area contributed by atoms with Gasteiger partial charge < -0.3 is 15.2 Å². The van der Waals surface area contributed by atoms with Gasteiger partial charge in [0.05, 0.1) is 30.7 Å². The van der Waals surface area contributed by atoms with Crippen LogP contribution in [0.5, 0.6) is 0 Å². The van der Waals surface area contributed by atoms with Gasteiger partial charge in [-0.2, -0.15) is 0 Å². The molecule has 0 unspecified atom stereocenters. The van der Waals surface area contributed by atoms with E-state index in [1.807, 2.05) is 0 Å². The molecule has 1 aromatic carbocycles. The van der Waals surface area contributed by atoms with Crippen LogP contribution in [-0.4, -0.2) is 37.4 Å². The summed E-state index contributed by atoms with van der Waals surface area (Å²) in [7, 11) is 0. The summed E-state index contributed by atoms with van der Waals surface area (Å²) in [5.74, 6) is -1.57. The topological polar surface area (TPSA) is 58.6 Å². The Bertz CT molecular complexity index is 590. The number of benzene rings is 1. The van der Waals surface area contributed by atoms with Crippen molar-refractivity contribution in [2.45, 2.75) is 31.1 Å². The lowest BCUT2D eigenvalue weighted by Crippen LogP contribution is -2.55. The van der Waals surface area contributed by atoms with Crippen LogP contribution >= 0.6 is 0 Å². The van der Waals surface area contributed by atoms with E-state index in [0.717, 1.165) is 18.9 Å². The van der Waals surface area contributed by atoms with Crippen LogP contribution in [0.1, 0.15) is 31.2 Å². The molecule has 0 radical (unpaired) electrons. The van der Waals surface area contributed by atoms with Crippen LogP contribution in [-0.2, 0) is 14.9 Å². The number of amides is 1. The number of nitrogens with one attached hydrogen (secondary N) is 1. The summed E-state index contributed by atoms with van der Waals surface area (Å²) in [5, 5.41) is 12.3. The number of rotatable bonds is 5. The number of aliphatic hydroxyl groups is 1. The minimum atomic E-state index is -0.945. The quantitative estimate of drug-likeness (QED) is 0.869. The van der Waals surface area contributed by atoms with Gasteiger partial charge in [-0.25, -0.2) is 8.78 Å². The molecule has 6 heteroatoms. The van der Waals surface area contributed by atoms with Gasteiger partial charge in [-0.3, -0.25) is 4.79 Å². The van der Waals surface area contributed by atoms with Crippen LogP contribution in [0.2, 0.25) is 0 Å². The fourth-order valence-electron chi connectivity index (χ4n) is 3.55. The second-order valence-electron chi connectivity index (χ2n) is 6.75. The van der Waals surface area contributed by atoms with Gasteiger partial charge in [0.15, 0.2) is 0 Å². The lowest BCUT2D eigenvalue weighted by atomic mass is 9.77. The Balaban J connectivity index is 1.81. The molecule has 1 aliphatic heterocycles. The summed E-state index contributed by atoms with van der Waals surface area (Å²) in [4.78, 5) is 12.8.